The van der Waals surface area contributed by atoms with Crippen LogP contribution in [-0.2, 0) is 33.3 Å². The van der Waals surface area contributed by atoms with Crippen molar-refractivity contribution in [1.29, 1.82) is 0 Å². The zero-order chi connectivity index (χ0) is 42.5. The number of methoxy groups -OCH3 is 1. The average Bonchev–Trinajstić information content (AvgIpc) is 3.94. The number of epoxide rings is 1. The van der Waals surface area contributed by atoms with Crippen molar-refractivity contribution < 1.29 is 63.3 Å². The van der Waals surface area contributed by atoms with Crippen LogP contribution in [0.4, 0.5) is 0 Å². The van der Waals surface area contributed by atoms with E-state index in [1.165, 1.54) is 25.3 Å². The lowest BCUT2D eigenvalue weighted by Crippen LogP contribution is -2.74. The van der Waals surface area contributed by atoms with Gasteiger partial charge >= 0.3 is 17.9 Å². The van der Waals surface area contributed by atoms with Gasteiger partial charge in [-0.2, -0.15) is 0 Å². The first-order valence-electron chi connectivity index (χ1n) is 19.4. The minimum absolute atomic E-state index is 0.111. The number of nitrogens with one attached hydrogen (secondary N) is 1. The minimum Gasteiger partial charge on any atom is -0.456 e. The van der Waals surface area contributed by atoms with E-state index in [1.54, 1.807) is 106 Å². The van der Waals surface area contributed by atoms with Gasteiger partial charge in [0.15, 0.2) is 11.7 Å². The Morgan fingerprint density at radius 1 is 0.915 bits per heavy atom. The molecule has 1 unspecified atom stereocenters. The van der Waals surface area contributed by atoms with Crippen LogP contribution in [0.15, 0.2) is 114 Å². The molecular formula is C45H49NO13. The van der Waals surface area contributed by atoms with Gasteiger partial charge in [0.2, 0.25) is 0 Å². The molecule has 1 saturated heterocycles. The van der Waals surface area contributed by atoms with Gasteiger partial charge in [0.1, 0.15) is 41.7 Å². The number of esters is 3. The molecule has 0 radical (unpaired) electrons. The number of carbonyl (C=O) groups is 4. The van der Waals surface area contributed by atoms with E-state index in [9.17, 15) is 39.6 Å². The summed E-state index contributed by atoms with van der Waals surface area (Å²) in [7, 11) is 1.44. The fraction of sp³-hybridized carbons (Fsp3) is 0.422. The molecule has 312 valence electrons. The summed E-state index contributed by atoms with van der Waals surface area (Å²) in [5.74, 6) is -4.92. The second-order valence-corrected chi connectivity index (χ2v) is 16.2. The Kier molecular flexibility index (Phi) is 11.2. The third kappa shape index (κ3) is 6.97. The van der Waals surface area contributed by atoms with Crippen molar-refractivity contribution in [2.24, 2.45) is 11.3 Å². The molecule has 4 aliphatic rings. The molecule has 14 nitrogen and oxygen atoms in total. The van der Waals surface area contributed by atoms with E-state index in [1.807, 2.05) is 0 Å². The van der Waals surface area contributed by atoms with Crippen LogP contribution in [-0.4, -0.2) is 111 Å². The fourth-order valence-corrected chi connectivity index (χ4v) is 9.58. The number of hydrogen-bond acceptors (Lipinski definition) is 13. The number of carbonyl (C=O) groups excluding carboxylic acids is 4. The van der Waals surface area contributed by atoms with Gasteiger partial charge in [-0.3, -0.25) is 9.59 Å². The normalized spacial score (nSPS) is 32.5. The predicted octanol–water partition coefficient (Wildman–Crippen LogP) is 3.14. The van der Waals surface area contributed by atoms with Crippen molar-refractivity contribution in [2.75, 3.05) is 13.7 Å². The highest BCUT2D eigenvalue weighted by molar-refractivity contribution is 5.95. The number of amides is 1. The summed E-state index contributed by atoms with van der Waals surface area (Å²) in [5.41, 5.74) is -5.69. The Bertz CT molecular complexity index is 2140. The number of hydrogen-bond donors (Lipinski definition) is 5. The van der Waals surface area contributed by atoms with E-state index >= 15 is 0 Å². The van der Waals surface area contributed by atoms with Crippen molar-refractivity contribution >= 4 is 23.8 Å². The lowest BCUT2D eigenvalue weighted by molar-refractivity contribution is -0.248. The number of benzene rings is 3. The van der Waals surface area contributed by atoms with Crippen molar-refractivity contribution in [2.45, 2.75) is 93.6 Å². The van der Waals surface area contributed by atoms with Crippen LogP contribution in [0, 0.1) is 11.3 Å². The largest absolute Gasteiger partial charge is 0.456 e. The SMILES string of the molecule is CO[C@@H]1C2=C(C)[C@@H](OC(=O)[C@H](O)[C@@H](NC(=O)c3ccccc3)c3ccccc3)C[C@@](O)([C@@H](OC(=O)c3ccccc3)[C@@H]3[C@@](CO)(OC(C)=O)[C@H](O)C=C[C@]34OC14)C2(C)C. The smallest absolute Gasteiger partial charge is 0.338 e. The average molecular weight is 812 g/mol. The zero-order valence-corrected chi connectivity index (χ0v) is 33.3. The molecule has 5 N–H and O–H groups in total. The Balaban J connectivity index is 1.34. The van der Waals surface area contributed by atoms with Gasteiger partial charge in [-0.15, -0.1) is 0 Å². The molecule has 11 atom stereocenters. The maximum atomic E-state index is 14.2. The van der Waals surface area contributed by atoms with Crippen molar-refractivity contribution in [3.8, 4) is 0 Å². The lowest BCUT2D eigenvalue weighted by atomic mass is 9.51. The van der Waals surface area contributed by atoms with Crippen molar-refractivity contribution in [1.82, 2.24) is 5.32 Å². The van der Waals surface area contributed by atoms with Crippen LogP contribution in [0.5, 0.6) is 0 Å². The maximum absolute atomic E-state index is 14.2. The fourth-order valence-electron chi connectivity index (χ4n) is 9.58. The van der Waals surface area contributed by atoms with E-state index in [0.29, 0.717) is 22.3 Å². The molecule has 1 aliphatic heterocycles. The summed E-state index contributed by atoms with van der Waals surface area (Å²) in [6.45, 7) is 5.23. The molecule has 1 amide bonds. The van der Waals surface area contributed by atoms with E-state index in [-0.39, 0.29) is 5.56 Å². The monoisotopic (exact) mass is 811 g/mol. The number of ether oxygens (including phenoxy) is 5. The first kappa shape index (κ1) is 41.9. The molecule has 2 bridgehead atoms. The quantitative estimate of drug-likeness (QED) is 0.0817. The topological polar surface area (TPSA) is 211 Å². The molecular weight excluding hydrogens is 762 g/mol. The number of rotatable bonds is 11. The van der Waals surface area contributed by atoms with E-state index in [2.05, 4.69) is 5.32 Å². The molecule has 14 heteroatoms. The number of fused-ring (bicyclic) bond motifs is 2. The Morgan fingerprint density at radius 3 is 2.08 bits per heavy atom. The third-order valence-corrected chi connectivity index (χ3v) is 12.6. The zero-order valence-electron chi connectivity index (χ0n) is 33.3. The van der Waals surface area contributed by atoms with E-state index in [4.69, 9.17) is 23.7 Å². The van der Waals surface area contributed by atoms with Crippen LogP contribution < -0.4 is 5.32 Å². The standard InChI is InChI=1S/C45H49NO13/c1-25-30(56-41(53)34(50)33(27-15-9-6-10-16-27)46-39(51)28-17-11-7-12-18-28)23-45(54)38(57-40(52)29-19-13-8-14-20-29)36-43(22-21-31(49)44(36,24-47)58-26(2)48)37(59-43)35(55-5)32(25)42(45,3)4/h6-22,30-31,33-38,47,49-50,54H,23-24H2,1-5H3,(H,46,51)/t30-,31+,33-,34+,35+,36-,37?,38-,43-,44-,45+/m0/s1. The van der Waals surface area contributed by atoms with E-state index in [0.717, 1.165) is 6.92 Å². The van der Waals surface area contributed by atoms with Crippen LogP contribution in [0.1, 0.15) is 66.4 Å². The van der Waals surface area contributed by atoms with Crippen molar-refractivity contribution in [3.05, 3.63) is 131 Å². The maximum Gasteiger partial charge on any atom is 0.338 e. The molecule has 3 aromatic carbocycles. The summed E-state index contributed by atoms with van der Waals surface area (Å²) in [6.07, 6.45) is -6.12. The molecule has 1 spiro atoms. The van der Waals surface area contributed by atoms with Gasteiger partial charge in [0.05, 0.1) is 24.1 Å². The molecule has 3 aliphatic carbocycles. The van der Waals surface area contributed by atoms with Gasteiger partial charge in [-0.25, -0.2) is 9.59 Å². The van der Waals surface area contributed by atoms with Crippen LogP contribution in [0.3, 0.4) is 0 Å². The summed E-state index contributed by atoms with van der Waals surface area (Å²) in [5, 5.41) is 50.8. The highest BCUT2D eigenvalue weighted by atomic mass is 16.6. The third-order valence-electron chi connectivity index (χ3n) is 12.6. The molecule has 3 aromatic rings. The highest BCUT2D eigenvalue weighted by Crippen LogP contribution is 2.66. The predicted molar refractivity (Wildman–Crippen MR) is 209 cm³/mol. The molecule has 2 fully saturated rings. The second kappa shape index (κ2) is 15.8. The first-order valence-corrected chi connectivity index (χ1v) is 19.4. The van der Waals surface area contributed by atoms with Crippen LogP contribution in [0.25, 0.3) is 0 Å². The number of aliphatic hydroxyl groups is 4. The minimum atomic E-state index is -2.26. The molecule has 1 saturated carbocycles. The van der Waals surface area contributed by atoms with Crippen LogP contribution >= 0.6 is 0 Å². The second-order valence-electron chi connectivity index (χ2n) is 16.2. The van der Waals surface area contributed by atoms with E-state index < -0.39 is 108 Å². The number of aliphatic hydroxyl groups excluding tert-OH is 3. The summed E-state index contributed by atoms with van der Waals surface area (Å²) < 4.78 is 30.9. The van der Waals surface area contributed by atoms with Gasteiger partial charge in [0.25, 0.3) is 5.91 Å². The molecule has 1 heterocycles. The first-order chi connectivity index (χ1) is 28.1. The lowest BCUT2D eigenvalue weighted by Gasteiger charge is -2.59. The van der Waals surface area contributed by atoms with Gasteiger partial charge in [-0.05, 0) is 47.9 Å². The summed E-state index contributed by atoms with van der Waals surface area (Å²) in [4.78, 5) is 54.6. The molecule has 59 heavy (non-hydrogen) atoms. The van der Waals surface area contributed by atoms with Gasteiger partial charge < -0.3 is 49.4 Å². The Labute approximate surface area is 341 Å². The van der Waals surface area contributed by atoms with Crippen LogP contribution in [0.2, 0.25) is 0 Å². The van der Waals surface area contributed by atoms with Crippen molar-refractivity contribution in [3.63, 3.8) is 0 Å². The molecule has 7 rings (SSSR count). The molecule has 0 aromatic heterocycles. The Morgan fingerprint density at radius 2 is 1.51 bits per heavy atom. The Hall–Kier alpha value is -5.22. The summed E-state index contributed by atoms with van der Waals surface area (Å²) >= 11 is 0. The summed E-state index contributed by atoms with van der Waals surface area (Å²) in [6, 6.07) is 23.4. The van der Waals surface area contributed by atoms with Gasteiger partial charge in [-0.1, -0.05) is 92.7 Å². The van der Waals surface area contributed by atoms with Gasteiger partial charge in [0, 0.05) is 31.4 Å². The highest BCUT2D eigenvalue weighted by Gasteiger charge is 2.80.